The zero-order valence-corrected chi connectivity index (χ0v) is 13.2. The summed E-state index contributed by atoms with van der Waals surface area (Å²) in [5.74, 6) is -0.0540. The molecule has 1 atom stereocenters. The number of likely N-dealkylation sites (tertiary alicyclic amines) is 1. The van der Waals surface area contributed by atoms with Crippen LogP contribution in [0.15, 0.2) is 18.2 Å². The summed E-state index contributed by atoms with van der Waals surface area (Å²) in [7, 11) is 0. The zero-order valence-electron chi connectivity index (χ0n) is 13.2. The third-order valence-corrected chi connectivity index (χ3v) is 3.94. The fourth-order valence-electron chi connectivity index (χ4n) is 2.83. The molecule has 1 aliphatic rings. The maximum absolute atomic E-state index is 12.4. The van der Waals surface area contributed by atoms with Gasteiger partial charge in [0.25, 0.3) is 0 Å². The lowest BCUT2D eigenvalue weighted by molar-refractivity contribution is -0.132. The highest BCUT2D eigenvalue weighted by Crippen LogP contribution is 2.22. The fourth-order valence-corrected chi connectivity index (χ4v) is 2.83. The molecule has 2 rings (SSSR count). The van der Waals surface area contributed by atoms with E-state index in [2.05, 4.69) is 6.92 Å². The van der Waals surface area contributed by atoms with Gasteiger partial charge < -0.3 is 14.7 Å². The Kier molecular flexibility index (Phi) is 5.41. The summed E-state index contributed by atoms with van der Waals surface area (Å²) in [5.41, 5.74) is 0.918. The van der Waals surface area contributed by atoms with Gasteiger partial charge in [0, 0.05) is 13.1 Å². The van der Waals surface area contributed by atoms with Crippen molar-refractivity contribution in [2.24, 2.45) is 5.92 Å². The molecular weight excluding hydrogens is 282 g/mol. The van der Waals surface area contributed by atoms with E-state index in [4.69, 9.17) is 9.84 Å². The molecule has 22 heavy (non-hydrogen) atoms. The predicted molar refractivity (Wildman–Crippen MR) is 83.3 cm³/mol. The first kappa shape index (κ1) is 16.3. The van der Waals surface area contributed by atoms with Gasteiger partial charge in [-0.05, 0) is 43.4 Å². The molecule has 0 radical (unpaired) electrons. The van der Waals surface area contributed by atoms with Crippen LogP contribution in [0.5, 0.6) is 5.75 Å². The van der Waals surface area contributed by atoms with Gasteiger partial charge in [-0.3, -0.25) is 4.79 Å². The van der Waals surface area contributed by atoms with Crippen LogP contribution in [0.3, 0.4) is 0 Å². The van der Waals surface area contributed by atoms with Gasteiger partial charge in [0.15, 0.2) is 0 Å². The molecule has 1 saturated heterocycles. The lowest BCUT2D eigenvalue weighted by atomic mass is 9.99. The van der Waals surface area contributed by atoms with E-state index in [-0.39, 0.29) is 17.9 Å². The molecular formula is C17H23NO4. The van der Waals surface area contributed by atoms with Gasteiger partial charge in [-0.15, -0.1) is 0 Å². The molecule has 1 fully saturated rings. The monoisotopic (exact) mass is 305 g/mol. The van der Waals surface area contributed by atoms with Crippen molar-refractivity contribution in [3.8, 4) is 5.75 Å². The molecule has 1 aromatic carbocycles. The molecule has 0 spiro atoms. The van der Waals surface area contributed by atoms with E-state index in [9.17, 15) is 9.59 Å². The SMILES string of the molecule is CCOc1cc(CC(=O)N2CCCC(C)C2)ccc1C(=O)O. The summed E-state index contributed by atoms with van der Waals surface area (Å²) in [6.45, 7) is 5.98. The summed E-state index contributed by atoms with van der Waals surface area (Å²) in [5, 5.41) is 9.14. The molecule has 1 N–H and O–H groups in total. The van der Waals surface area contributed by atoms with Crippen LogP contribution in [0.25, 0.3) is 0 Å². The number of aromatic carboxylic acids is 1. The lowest BCUT2D eigenvalue weighted by Gasteiger charge is -2.31. The molecule has 1 aliphatic heterocycles. The van der Waals surface area contributed by atoms with Gasteiger partial charge in [0.1, 0.15) is 11.3 Å². The van der Waals surface area contributed by atoms with Crippen LogP contribution >= 0.6 is 0 Å². The van der Waals surface area contributed by atoms with Crippen molar-refractivity contribution in [2.45, 2.75) is 33.1 Å². The average Bonchev–Trinajstić information content (AvgIpc) is 2.47. The molecule has 5 heteroatoms. The second-order valence-corrected chi connectivity index (χ2v) is 5.83. The Bertz CT molecular complexity index is 556. The Labute approximate surface area is 130 Å². The van der Waals surface area contributed by atoms with E-state index in [0.29, 0.717) is 18.3 Å². The maximum Gasteiger partial charge on any atom is 0.339 e. The molecule has 1 heterocycles. The summed E-state index contributed by atoms with van der Waals surface area (Å²) in [6, 6.07) is 4.87. The number of hydrogen-bond donors (Lipinski definition) is 1. The number of amides is 1. The van der Waals surface area contributed by atoms with Crippen molar-refractivity contribution in [1.82, 2.24) is 4.90 Å². The van der Waals surface area contributed by atoms with Crippen molar-refractivity contribution >= 4 is 11.9 Å². The van der Waals surface area contributed by atoms with E-state index < -0.39 is 5.97 Å². The van der Waals surface area contributed by atoms with Crippen LogP contribution in [-0.2, 0) is 11.2 Å². The van der Waals surface area contributed by atoms with E-state index >= 15 is 0 Å². The Morgan fingerprint density at radius 3 is 2.82 bits per heavy atom. The minimum Gasteiger partial charge on any atom is -0.493 e. The van der Waals surface area contributed by atoms with E-state index in [1.54, 1.807) is 19.1 Å². The van der Waals surface area contributed by atoms with Crippen molar-refractivity contribution in [2.75, 3.05) is 19.7 Å². The second-order valence-electron chi connectivity index (χ2n) is 5.83. The zero-order chi connectivity index (χ0) is 16.1. The Hall–Kier alpha value is -2.04. The molecule has 1 aromatic rings. The third kappa shape index (κ3) is 4.00. The third-order valence-electron chi connectivity index (χ3n) is 3.94. The number of ether oxygens (including phenoxy) is 1. The standard InChI is InChI=1S/C17H23NO4/c1-3-22-15-9-13(6-7-14(15)17(20)21)10-16(19)18-8-4-5-12(2)11-18/h6-7,9,12H,3-5,8,10-11H2,1-2H3,(H,20,21). The van der Waals surface area contributed by atoms with E-state index in [1.807, 2.05) is 4.90 Å². The number of benzene rings is 1. The number of rotatable bonds is 5. The first-order chi connectivity index (χ1) is 10.5. The van der Waals surface area contributed by atoms with E-state index in [1.165, 1.54) is 12.5 Å². The van der Waals surface area contributed by atoms with Crippen LogP contribution in [0, 0.1) is 5.92 Å². The van der Waals surface area contributed by atoms with Crippen molar-refractivity contribution in [1.29, 1.82) is 0 Å². The number of carbonyl (C=O) groups excluding carboxylic acids is 1. The molecule has 1 amide bonds. The minimum absolute atomic E-state index is 0.0945. The van der Waals surface area contributed by atoms with Gasteiger partial charge in [-0.1, -0.05) is 13.0 Å². The quantitative estimate of drug-likeness (QED) is 0.908. The lowest BCUT2D eigenvalue weighted by Crippen LogP contribution is -2.39. The number of nitrogens with zero attached hydrogens (tertiary/aromatic N) is 1. The highest BCUT2D eigenvalue weighted by Gasteiger charge is 2.21. The molecule has 0 saturated carbocycles. The Morgan fingerprint density at radius 1 is 1.41 bits per heavy atom. The van der Waals surface area contributed by atoms with Gasteiger partial charge >= 0.3 is 5.97 Å². The van der Waals surface area contributed by atoms with Crippen LogP contribution in [-0.4, -0.2) is 41.6 Å². The topological polar surface area (TPSA) is 66.8 Å². The van der Waals surface area contributed by atoms with Crippen molar-refractivity contribution in [3.63, 3.8) is 0 Å². The average molecular weight is 305 g/mol. The number of carboxylic acids is 1. The highest BCUT2D eigenvalue weighted by atomic mass is 16.5. The van der Waals surface area contributed by atoms with Crippen LogP contribution in [0.2, 0.25) is 0 Å². The van der Waals surface area contributed by atoms with Crippen molar-refractivity contribution in [3.05, 3.63) is 29.3 Å². The summed E-state index contributed by atoms with van der Waals surface area (Å²) in [4.78, 5) is 25.4. The molecule has 0 bridgehead atoms. The van der Waals surface area contributed by atoms with Crippen LogP contribution in [0.1, 0.15) is 42.6 Å². The minimum atomic E-state index is -1.02. The summed E-state index contributed by atoms with van der Waals surface area (Å²) in [6.07, 6.45) is 2.51. The first-order valence-electron chi connectivity index (χ1n) is 7.78. The normalized spacial score (nSPS) is 18.1. The number of carboxylic acid groups (broad SMARTS) is 1. The van der Waals surface area contributed by atoms with Gasteiger partial charge in [-0.2, -0.15) is 0 Å². The second kappa shape index (κ2) is 7.29. The number of hydrogen-bond acceptors (Lipinski definition) is 3. The Balaban J connectivity index is 2.10. The molecule has 5 nitrogen and oxygen atoms in total. The molecule has 120 valence electrons. The maximum atomic E-state index is 12.4. The number of carbonyl (C=O) groups is 2. The van der Waals surface area contributed by atoms with E-state index in [0.717, 1.165) is 25.1 Å². The van der Waals surface area contributed by atoms with Gasteiger partial charge in [0.05, 0.1) is 13.0 Å². The summed E-state index contributed by atoms with van der Waals surface area (Å²) >= 11 is 0. The summed E-state index contributed by atoms with van der Waals surface area (Å²) < 4.78 is 5.38. The van der Waals surface area contributed by atoms with Gasteiger partial charge in [0.2, 0.25) is 5.91 Å². The number of piperidine rings is 1. The van der Waals surface area contributed by atoms with Gasteiger partial charge in [-0.25, -0.2) is 4.79 Å². The molecule has 0 aliphatic carbocycles. The van der Waals surface area contributed by atoms with Crippen molar-refractivity contribution < 1.29 is 19.4 Å². The highest BCUT2D eigenvalue weighted by molar-refractivity contribution is 5.91. The fraction of sp³-hybridized carbons (Fsp3) is 0.529. The largest absolute Gasteiger partial charge is 0.493 e. The predicted octanol–water partition coefficient (Wildman–Crippen LogP) is 2.58. The Morgan fingerprint density at radius 2 is 2.18 bits per heavy atom. The molecule has 0 aromatic heterocycles. The first-order valence-corrected chi connectivity index (χ1v) is 7.78. The van der Waals surface area contributed by atoms with Crippen LogP contribution in [0.4, 0.5) is 0 Å². The van der Waals surface area contributed by atoms with Crippen LogP contribution < -0.4 is 4.74 Å². The molecule has 1 unspecified atom stereocenters. The smallest absolute Gasteiger partial charge is 0.339 e.